The number of rotatable bonds is 6. The molecule has 4 N–H and O–H groups in total. The van der Waals surface area contributed by atoms with Gasteiger partial charge in [-0.25, -0.2) is 0 Å². The van der Waals surface area contributed by atoms with Crippen LogP contribution in [0.3, 0.4) is 0 Å². The van der Waals surface area contributed by atoms with Crippen LogP contribution in [-0.2, 0) is 11.4 Å². The minimum atomic E-state index is -0.758. The van der Waals surface area contributed by atoms with E-state index in [1.54, 1.807) is 12.1 Å². The van der Waals surface area contributed by atoms with E-state index in [1.165, 1.54) is 11.8 Å². The van der Waals surface area contributed by atoms with Crippen molar-refractivity contribution in [2.45, 2.75) is 23.0 Å². The van der Waals surface area contributed by atoms with E-state index in [0.29, 0.717) is 12.4 Å². The van der Waals surface area contributed by atoms with Crippen molar-refractivity contribution < 1.29 is 14.6 Å². The lowest BCUT2D eigenvalue weighted by atomic mass is 10.1. The molecule has 1 aliphatic heterocycles. The summed E-state index contributed by atoms with van der Waals surface area (Å²) in [7, 11) is 0. The van der Waals surface area contributed by atoms with Crippen molar-refractivity contribution in [2.75, 3.05) is 11.9 Å². The van der Waals surface area contributed by atoms with Crippen LogP contribution in [0, 0.1) is 0 Å². The molecule has 2 aromatic carbocycles. The Hall–Kier alpha value is -2.02. The van der Waals surface area contributed by atoms with Crippen LogP contribution < -0.4 is 15.8 Å². The van der Waals surface area contributed by atoms with Gasteiger partial charge in [0.05, 0.1) is 11.8 Å². The summed E-state index contributed by atoms with van der Waals surface area (Å²) in [6.45, 7) is 0.563. The van der Waals surface area contributed by atoms with Gasteiger partial charge in [0.15, 0.2) is 6.29 Å². The number of aliphatic hydroxyl groups excluding tert-OH is 1. The number of benzene rings is 2. The Morgan fingerprint density at radius 2 is 2.09 bits per heavy atom. The molecule has 0 saturated heterocycles. The minimum Gasteiger partial charge on any atom is -0.487 e. The molecular weight excluding hydrogens is 312 g/mol. The molecule has 1 aliphatic rings. The van der Waals surface area contributed by atoms with Gasteiger partial charge in [-0.15, -0.1) is 0 Å². The van der Waals surface area contributed by atoms with Crippen molar-refractivity contribution in [2.24, 2.45) is 5.73 Å². The van der Waals surface area contributed by atoms with E-state index in [2.05, 4.69) is 5.32 Å². The number of aliphatic hydroxyl groups is 1. The van der Waals surface area contributed by atoms with E-state index in [4.69, 9.17) is 10.5 Å². The number of aldehydes is 1. The second kappa shape index (κ2) is 7.04. The van der Waals surface area contributed by atoms with Crippen molar-refractivity contribution in [3.63, 3.8) is 0 Å². The second-order valence-electron chi connectivity index (χ2n) is 5.20. The number of hydrogen-bond acceptors (Lipinski definition) is 6. The van der Waals surface area contributed by atoms with E-state index in [9.17, 15) is 9.90 Å². The Labute approximate surface area is 138 Å². The summed E-state index contributed by atoms with van der Waals surface area (Å²) >= 11 is 1.37. The van der Waals surface area contributed by atoms with Crippen LogP contribution in [0.2, 0.25) is 0 Å². The zero-order chi connectivity index (χ0) is 16.2. The van der Waals surface area contributed by atoms with Gasteiger partial charge in [-0.2, -0.15) is 0 Å². The summed E-state index contributed by atoms with van der Waals surface area (Å²) in [5.41, 5.74) is 8.08. The highest BCUT2D eigenvalue weighted by atomic mass is 32.2. The number of thioether (sulfide) groups is 1. The second-order valence-corrected chi connectivity index (χ2v) is 6.35. The molecule has 23 heavy (non-hydrogen) atoms. The molecule has 6 heteroatoms. The van der Waals surface area contributed by atoms with Gasteiger partial charge in [0.1, 0.15) is 17.7 Å². The van der Waals surface area contributed by atoms with Crippen LogP contribution in [0.4, 0.5) is 5.69 Å². The van der Waals surface area contributed by atoms with Crippen LogP contribution in [0.25, 0.3) is 0 Å². The van der Waals surface area contributed by atoms with Crippen LogP contribution in [-0.4, -0.2) is 23.3 Å². The molecule has 0 aliphatic carbocycles. The predicted molar refractivity (Wildman–Crippen MR) is 90.6 cm³/mol. The number of nitrogens with two attached hydrogens (primary N) is 1. The molecule has 0 amide bonds. The highest BCUT2D eigenvalue weighted by molar-refractivity contribution is 8.01. The molecule has 1 heterocycles. The van der Waals surface area contributed by atoms with E-state index < -0.39 is 6.10 Å². The third-order valence-electron chi connectivity index (χ3n) is 3.62. The maximum Gasteiger partial charge on any atom is 0.152 e. The number of carbonyl (C=O) groups excluding carboxylic acids is 1. The van der Waals surface area contributed by atoms with Crippen molar-refractivity contribution >= 4 is 23.7 Å². The van der Waals surface area contributed by atoms with E-state index in [1.807, 2.05) is 30.3 Å². The van der Waals surface area contributed by atoms with E-state index in [-0.39, 0.29) is 11.9 Å². The zero-order valence-electron chi connectivity index (χ0n) is 12.4. The molecule has 0 radical (unpaired) electrons. The largest absolute Gasteiger partial charge is 0.487 e. The molecular formula is C17H18N2O3S. The smallest absolute Gasteiger partial charge is 0.152 e. The fraction of sp³-hybridized carbons (Fsp3) is 0.235. The zero-order valence-corrected chi connectivity index (χ0v) is 13.3. The van der Waals surface area contributed by atoms with Gasteiger partial charge in [0.25, 0.3) is 0 Å². The topological polar surface area (TPSA) is 84.6 Å². The molecule has 3 rings (SSSR count). The summed E-state index contributed by atoms with van der Waals surface area (Å²) in [6.07, 6.45) is 0.0798. The third-order valence-corrected chi connectivity index (χ3v) is 4.78. The van der Waals surface area contributed by atoms with Crippen molar-refractivity contribution in [3.05, 3.63) is 53.6 Å². The Kier molecular flexibility index (Phi) is 4.85. The maximum absolute atomic E-state index is 11.1. The number of hydrogen-bond donors (Lipinski definition) is 3. The number of anilines is 1. The van der Waals surface area contributed by atoms with Crippen molar-refractivity contribution in [3.8, 4) is 5.75 Å². The summed E-state index contributed by atoms with van der Waals surface area (Å²) in [6, 6.07) is 13.5. The van der Waals surface area contributed by atoms with E-state index in [0.717, 1.165) is 28.0 Å². The number of ether oxygens (including phenoxy) is 1. The normalized spacial score (nSPS) is 17.2. The highest BCUT2D eigenvalue weighted by Gasteiger charge is 2.28. The summed E-state index contributed by atoms with van der Waals surface area (Å²) in [5, 5.41) is 12.8. The quantitative estimate of drug-likeness (QED) is 0.705. The molecule has 0 fully saturated rings. The summed E-state index contributed by atoms with van der Waals surface area (Å²) in [5.74, 6) is 0.661. The first-order valence-corrected chi connectivity index (χ1v) is 8.21. The first kappa shape index (κ1) is 15.9. The lowest BCUT2D eigenvalue weighted by Crippen LogP contribution is -2.12. The molecule has 2 aromatic rings. The molecule has 0 saturated carbocycles. The van der Waals surface area contributed by atoms with Gasteiger partial charge in [-0.3, -0.25) is 0 Å². The molecule has 5 nitrogen and oxygen atoms in total. The average Bonchev–Trinajstić information content (AvgIpc) is 3.04. The van der Waals surface area contributed by atoms with Gasteiger partial charge < -0.3 is 25.7 Å². The van der Waals surface area contributed by atoms with Crippen LogP contribution in [0.15, 0.2) is 47.4 Å². The first-order chi connectivity index (χ1) is 11.2. The third kappa shape index (κ3) is 3.34. The Bertz CT molecular complexity index is 694. The predicted octanol–water partition coefficient (Wildman–Crippen LogP) is 2.30. The lowest BCUT2D eigenvalue weighted by molar-refractivity contribution is -0.107. The van der Waals surface area contributed by atoms with E-state index >= 15 is 0 Å². The van der Waals surface area contributed by atoms with Crippen molar-refractivity contribution in [1.29, 1.82) is 0 Å². The van der Waals surface area contributed by atoms with Gasteiger partial charge in [-0.05, 0) is 17.2 Å². The van der Waals surface area contributed by atoms with Crippen LogP contribution in [0.5, 0.6) is 5.75 Å². The lowest BCUT2D eigenvalue weighted by Gasteiger charge is -2.16. The first-order valence-electron chi connectivity index (χ1n) is 7.33. The molecule has 120 valence electrons. The Balaban J connectivity index is 1.87. The Morgan fingerprint density at radius 3 is 2.78 bits per heavy atom. The minimum absolute atomic E-state index is 0.128. The van der Waals surface area contributed by atoms with Gasteiger partial charge in [0.2, 0.25) is 0 Å². The fourth-order valence-electron chi connectivity index (χ4n) is 2.45. The maximum atomic E-state index is 11.1. The fourth-order valence-corrected chi connectivity index (χ4v) is 3.55. The van der Waals surface area contributed by atoms with Crippen LogP contribution >= 0.6 is 11.8 Å². The molecule has 0 bridgehead atoms. The number of fused-ring (bicyclic) bond motifs is 1. The van der Waals surface area contributed by atoms with Gasteiger partial charge >= 0.3 is 0 Å². The summed E-state index contributed by atoms with van der Waals surface area (Å²) < 4.78 is 5.89. The summed E-state index contributed by atoms with van der Waals surface area (Å²) in [4.78, 5) is 11.9. The molecule has 0 spiro atoms. The van der Waals surface area contributed by atoms with Crippen LogP contribution in [0.1, 0.15) is 17.2 Å². The monoisotopic (exact) mass is 330 g/mol. The SMILES string of the molecule is NC[C@H](O)c1ccc(OCc2ccccc2)c2c1SC(C=O)N2. The molecule has 2 atom stereocenters. The highest BCUT2D eigenvalue weighted by Crippen LogP contribution is 2.47. The Morgan fingerprint density at radius 1 is 1.30 bits per heavy atom. The molecule has 1 unspecified atom stereocenters. The van der Waals surface area contributed by atoms with Crippen molar-refractivity contribution in [1.82, 2.24) is 0 Å². The van der Waals surface area contributed by atoms with Gasteiger partial charge in [0, 0.05) is 11.4 Å². The average molecular weight is 330 g/mol. The standard InChI is InChI=1S/C17H18N2O3S/c18-8-13(21)12-6-7-14(16-17(12)23-15(9-20)19-16)22-10-11-4-2-1-3-5-11/h1-7,9,13,15,19,21H,8,10,18H2/t13-,15?/m0/s1. The number of carbonyl (C=O) groups is 1. The number of nitrogens with one attached hydrogen (secondary N) is 1. The van der Waals surface area contributed by atoms with Gasteiger partial charge in [-0.1, -0.05) is 48.2 Å². The molecule has 0 aromatic heterocycles.